The van der Waals surface area contributed by atoms with Crippen molar-refractivity contribution in [1.29, 1.82) is 0 Å². The molecule has 4 heterocycles. The highest BCUT2D eigenvalue weighted by Crippen LogP contribution is 2.42. The average molecular weight is 2090 g/mol. The Labute approximate surface area is 816 Å². The van der Waals surface area contributed by atoms with E-state index in [0.29, 0.717) is 96.5 Å². The van der Waals surface area contributed by atoms with E-state index >= 15 is 0 Å². The molecule has 4 saturated heterocycles. The van der Waals surface area contributed by atoms with Crippen LogP contribution in [0.15, 0.2) is 146 Å². The zero-order chi connectivity index (χ0) is 105. The van der Waals surface area contributed by atoms with Crippen molar-refractivity contribution in [2.45, 2.75) is 117 Å². The predicted molar refractivity (Wildman–Crippen MR) is 472 cm³/mol. The number of hydrogen-bond acceptors (Lipinski definition) is 12. The first-order chi connectivity index (χ1) is 69.7. The largest absolute Gasteiger partial charge is 0.487 e. The molecule has 0 atom stereocenters. The molecule has 0 N–H and O–H groups in total. The molecular weight excluding hydrogens is 2000 g/mol. The maximum Gasteiger partial charge on any atom is 0.194 e. The summed E-state index contributed by atoms with van der Waals surface area (Å²) in [5, 5.41) is 0. The molecule has 4 aliphatic heterocycles. The van der Waals surface area contributed by atoms with Gasteiger partial charge < -0.3 is 56.8 Å². The van der Waals surface area contributed by atoms with E-state index in [-0.39, 0.29) is 102 Å². The normalized spacial score (nSPS) is 17.8. The molecule has 12 nitrogen and oxygen atoms in total. The first-order valence-corrected chi connectivity index (χ1v) is 45.6. The highest BCUT2D eigenvalue weighted by atomic mass is 19.2. The van der Waals surface area contributed by atoms with Gasteiger partial charge in [-0.25, -0.2) is 123 Å². The summed E-state index contributed by atoms with van der Waals surface area (Å²) < 4.78 is 458. The van der Waals surface area contributed by atoms with Crippen molar-refractivity contribution >= 4 is 0 Å². The molecule has 16 rings (SSSR count). The number of ether oxygens (including phenoxy) is 12. The van der Waals surface area contributed by atoms with Gasteiger partial charge in [-0.05, 0) is 229 Å². The molecule has 40 heteroatoms. The van der Waals surface area contributed by atoms with Gasteiger partial charge in [-0.15, -0.1) is 0 Å². The quantitative estimate of drug-likeness (QED) is 0.0243. The molecular formula is C106H88F28O12. The Morgan fingerprint density at radius 3 is 0.568 bits per heavy atom. The van der Waals surface area contributed by atoms with Crippen molar-refractivity contribution in [3.63, 3.8) is 0 Å². The van der Waals surface area contributed by atoms with Gasteiger partial charge in [0.2, 0.25) is 0 Å². The van der Waals surface area contributed by atoms with Gasteiger partial charge in [0, 0.05) is 45.9 Å². The van der Waals surface area contributed by atoms with Crippen LogP contribution in [0.5, 0.6) is 23.0 Å². The van der Waals surface area contributed by atoms with Crippen molar-refractivity contribution in [2.24, 2.45) is 23.7 Å². The van der Waals surface area contributed by atoms with E-state index in [1.54, 1.807) is 6.92 Å². The van der Waals surface area contributed by atoms with Crippen molar-refractivity contribution in [3.05, 3.63) is 353 Å². The lowest BCUT2D eigenvalue weighted by atomic mass is 10.0. The highest BCUT2D eigenvalue weighted by molar-refractivity contribution is 5.69. The summed E-state index contributed by atoms with van der Waals surface area (Å²) in [6, 6.07) is 20.7. The second kappa shape index (κ2) is 50.3. The van der Waals surface area contributed by atoms with E-state index in [1.165, 1.54) is 48.5 Å². The molecule has 12 aromatic rings. The molecule has 0 radical (unpaired) electrons. The van der Waals surface area contributed by atoms with Crippen LogP contribution >= 0.6 is 0 Å². The van der Waals surface area contributed by atoms with Gasteiger partial charge in [-0.2, -0.15) is 0 Å². The Kier molecular flexibility index (Phi) is 38.2. The molecule has 0 spiro atoms. The van der Waals surface area contributed by atoms with Crippen molar-refractivity contribution in [3.8, 4) is 67.5 Å². The number of hydrogen-bond donors (Lipinski definition) is 0. The Balaban J connectivity index is 0.000000163. The lowest BCUT2D eigenvalue weighted by Gasteiger charge is -2.29. The van der Waals surface area contributed by atoms with E-state index in [0.717, 1.165) is 87.1 Å². The molecule has 0 aromatic heterocycles. The SMILES string of the molecule is CCCCCc1cc(F)c(OCC2COC(c3cc(F)c(-c4cc(F)c(F)c(F)c4)c(F)c3)OC2)c(F)c1.CCCCc1cc(F)c(OCC2COC(c3cc(F)c(-c4cc(F)c(F)c(F)c4)c(F)c3)OC2)c(F)c1.CCCc1cc(F)c(OCC2COC(c3cc(F)c(-c4cc(F)c(F)c(F)c4)c(F)c3)OC2)c(F)c1.CCc1cc(F)c(OCC2COC(c3cc(F)c(-c4cc(F)c(F)c(F)c4)c(F)c3)OC2)c(F)c1. The molecule has 146 heavy (non-hydrogen) atoms. The molecule has 0 amide bonds. The number of rotatable bonds is 30. The van der Waals surface area contributed by atoms with Gasteiger partial charge >= 0.3 is 0 Å². The Morgan fingerprint density at radius 2 is 0.384 bits per heavy atom. The molecule has 4 fully saturated rings. The van der Waals surface area contributed by atoms with Crippen LogP contribution in [-0.4, -0.2) is 79.3 Å². The smallest absolute Gasteiger partial charge is 0.194 e. The van der Waals surface area contributed by atoms with Crippen LogP contribution in [-0.2, 0) is 63.6 Å². The fourth-order valence-corrected chi connectivity index (χ4v) is 15.8. The first kappa shape index (κ1) is 111. The fraction of sp³-hybridized carbons (Fsp3) is 0.321. The number of halogens is 28. The third-order valence-electron chi connectivity index (χ3n) is 23.2. The summed E-state index contributed by atoms with van der Waals surface area (Å²) in [5.74, 6) is -39.2. The summed E-state index contributed by atoms with van der Waals surface area (Å²) in [6.07, 6.45) is 2.65. The Bertz CT molecular complexity index is 6350. The average Bonchev–Trinajstić information content (AvgIpc) is 0.792. The molecule has 0 bridgehead atoms. The van der Waals surface area contributed by atoms with E-state index in [2.05, 4.69) is 0 Å². The standard InChI is InChI=1S/C28H25F7O3.C27H23F7O3.C26H21F7O3.C25H19F7O3/c1-2-3-4-5-15-6-23(33)27(24(34)7-15)36-12-16-13-37-28(38-14-16)18-10-19(29)25(20(30)11-18)17-8-21(31)26(35)22(32)9-17;1-2-3-4-14-5-22(32)26(23(33)6-14)35-11-15-12-36-27(37-13-15)17-9-18(28)24(19(29)10-17)16-7-20(30)25(34)21(31)8-16;1-2-3-13-4-21(31)25(22(32)5-13)34-10-14-11-35-26(36-12-14)16-8-17(27)23(18(28)9-16)15-6-19(29)24(33)20(30)7-15;1-2-12-3-20(30)24(21(31)4-12)33-9-13-10-34-25(35-11-13)15-7-16(26)22(17(27)8-15)14-5-18(28)23(32)19(29)6-14/h6-11,16,28H,2-5,12-14H2,1H3;5-10,15,27H,2-4,11-13H2,1H3;4-9,14,26H,2-3,10-12H2,1H3;3-8,13,25H,2,9-11H2,1H3. The van der Waals surface area contributed by atoms with E-state index in [9.17, 15) is 123 Å². The van der Waals surface area contributed by atoms with Gasteiger partial charge in [0.15, 0.2) is 165 Å². The van der Waals surface area contributed by atoms with Crippen LogP contribution in [0.25, 0.3) is 44.5 Å². The maximum absolute atomic E-state index is 14.7. The van der Waals surface area contributed by atoms with Crippen LogP contribution in [0.1, 0.15) is 136 Å². The third kappa shape index (κ3) is 27.5. The monoisotopic (exact) mass is 2080 g/mol. The first-order valence-electron chi connectivity index (χ1n) is 45.6. The van der Waals surface area contributed by atoms with E-state index in [4.69, 9.17) is 56.8 Å². The zero-order valence-corrected chi connectivity index (χ0v) is 77.5. The van der Waals surface area contributed by atoms with Crippen LogP contribution < -0.4 is 18.9 Å². The van der Waals surface area contributed by atoms with Crippen LogP contribution in [0.3, 0.4) is 0 Å². The molecule has 0 saturated carbocycles. The lowest BCUT2D eigenvalue weighted by Crippen LogP contribution is -2.31. The zero-order valence-electron chi connectivity index (χ0n) is 77.5. The summed E-state index contributed by atoms with van der Waals surface area (Å²) in [5.41, 5.74) is -3.10. The fourth-order valence-electron chi connectivity index (χ4n) is 15.8. The lowest BCUT2D eigenvalue weighted by molar-refractivity contribution is -0.209. The minimum Gasteiger partial charge on any atom is -0.487 e. The molecule has 4 aliphatic rings. The topological polar surface area (TPSA) is 111 Å². The van der Waals surface area contributed by atoms with Gasteiger partial charge in [0.25, 0.3) is 0 Å². The van der Waals surface area contributed by atoms with Crippen molar-refractivity contribution in [2.75, 3.05) is 79.3 Å². The summed E-state index contributed by atoms with van der Waals surface area (Å²) in [6.45, 7) is 7.16. The van der Waals surface area contributed by atoms with E-state index < -0.39 is 279 Å². The molecule has 0 unspecified atom stereocenters. The minimum atomic E-state index is -1.75. The molecule has 0 aliphatic carbocycles. The molecule has 780 valence electrons. The van der Waals surface area contributed by atoms with Crippen molar-refractivity contribution in [1.82, 2.24) is 0 Å². The number of benzene rings is 12. The number of unbranched alkanes of at least 4 members (excludes halogenated alkanes) is 3. The second-order valence-electron chi connectivity index (χ2n) is 34.4. The summed E-state index contributed by atoms with van der Waals surface area (Å²) in [4.78, 5) is 0. The highest BCUT2D eigenvalue weighted by Gasteiger charge is 2.35. The van der Waals surface area contributed by atoms with Crippen LogP contribution in [0, 0.1) is 187 Å². The minimum absolute atomic E-state index is 0.000320. The van der Waals surface area contributed by atoms with Crippen LogP contribution in [0.4, 0.5) is 123 Å². The van der Waals surface area contributed by atoms with Gasteiger partial charge in [0.05, 0.1) is 102 Å². The predicted octanol–water partition coefficient (Wildman–Crippen LogP) is 28.9. The second-order valence-corrected chi connectivity index (χ2v) is 34.4. The summed E-state index contributed by atoms with van der Waals surface area (Å²) in [7, 11) is 0. The summed E-state index contributed by atoms with van der Waals surface area (Å²) >= 11 is 0. The third-order valence-corrected chi connectivity index (χ3v) is 23.2. The van der Waals surface area contributed by atoms with Crippen molar-refractivity contribution < 1.29 is 180 Å². The molecule has 12 aromatic carbocycles. The van der Waals surface area contributed by atoms with Crippen LogP contribution in [0.2, 0.25) is 0 Å². The Hall–Kier alpha value is -12.4. The van der Waals surface area contributed by atoms with Gasteiger partial charge in [-0.3, -0.25) is 0 Å². The van der Waals surface area contributed by atoms with Gasteiger partial charge in [-0.1, -0.05) is 53.4 Å². The Morgan fingerprint density at radius 1 is 0.199 bits per heavy atom. The van der Waals surface area contributed by atoms with E-state index in [1.807, 2.05) is 20.8 Å². The maximum atomic E-state index is 14.7. The number of aryl methyl sites for hydroxylation is 4. The van der Waals surface area contributed by atoms with Gasteiger partial charge in [0.1, 0.15) is 46.5 Å².